The zero-order valence-electron chi connectivity index (χ0n) is 23.4. The Hall–Kier alpha value is -4.65. The molecule has 3 heterocycles. The molecule has 5 aromatic rings. The van der Waals surface area contributed by atoms with Crippen LogP contribution in [0.25, 0.3) is 33.4 Å². The second kappa shape index (κ2) is 11.3. The van der Waals surface area contributed by atoms with E-state index in [0.717, 1.165) is 35.5 Å². The molecule has 9 heteroatoms. The highest BCUT2D eigenvalue weighted by atomic mass is 32.2. The second-order valence-corrected chi connectivity index (χ2v) is 12.1. The molecular formula is C33H30N4O4S. The summed E-state index contributed by atoms with van der Waals surface area (Å²) in [5.74, 6) is 0.506. The molecule has 0 atom stereocenters. The maximum absolute atomic E-state index is 14.2. The van der Waals surface area contributed by atoms with E-state index in [0.29, 0.717) is 41.3 Å². The number of morpholine rings is 1. The first-order chi connectivity index (χ1) is 20.4. The SMILES string of the molecule is CC(C)Oc1ccc(-c2ccnc3c2cc(-c2ccc(N4CCOCC4)cc2)n3S(=O)(=O)c2ccccc2)cc1C#N. The quantitative estimate of drug-likeness (QED) is 0.230. The third kappa shape index (κ3) is 5.11. The largest absolute Gasteiger partial charge is 0.490 e. The highest BCUT2D eigenvalue weighted by Gasteiger charge is 2.26. The minimum Gasteiger partial charge on any atom is -0.490 e. The lowest BCUT2D eigenvalue weighted by atomic mass is 10.0. The lowest BCUT2D eigenvalue weighted by molar-refractivity contribution is 0.122. The Bertz CT molecular complexity index is 1890. The Morgan fingerprint density at radius 1 is 0.929 bits per heavy atom. The Morgan fingerprint density at radius 3 is 2.33 bits per heavy atom. The average molecular weight is 579 g/mol. The third-order valence-electron chi connectivity index (χ3n) is 7.26. The number of anilines is 1. The van der Waals surface area contributed by atoms with Crippen molar-refractivity contribution in [2.45, 2.75) is 24.8 Å². The van der Waals surface area contributed by atoms with Crippen LogP contribution in [0.3, 0.4) is 0 Å². The summed E-state index contributed by atoms with van der Waals surface area (Å²) in [6.07, 6.45) is 1.52. The van der Waals surface area contributed by atoms with Crippen LogP contribution in [-0.4, -0.2) is 49.8 Å². The van der Waals surface area contributed by atoms with E-state index in [1.54, 1.807) is 48.7 Å². The smallest absolute Gasteiger partial charge is 0.269 e. The highest BCUT2D eigenvalue weighted by molar-refractivity contribution is 7.90. The fourth-order valence-corrected chi connectivity index (χ4v) is 6.78. The summed E-state index contributed by atoms with van der Waals surface area (Å²) in [7, 11) is -4.01. The molecule has 0 N–H and O–H groups in total. The molecule has 0 radical (unpaired) electrons. The molecule has 3 aromatic carbocycles. The summed E-state index contributed by atoms with van der Waals surface area (Å²) in [6, 6.07) is 27.7. The van der Waals surface area contributed by atoms with Gasteiger partial charge < -0.3 is 14.4 Å². The van der Waals surface area contributed by atoms with Crippen molar-refractivity contribution >= 4 is 26.7 Å². The maximum Gasteiger partial charge on any atom is 0.269 e. The fourth-order valence-electron chi connectivity index (χ4n) is 5.28. The Morgan fingerprint density at radius 2 is 1.64 bits per heavy atom. The molecule has 1 aliphatic rings. The second-order valence-electron chi connectivity index (χ2n) is 10.3. The molecule has 0 saturated carbocycles. The van der Waals surface area contributed by atoms with Crippen LogP contribution in [0.15, 0.2) is 96.0 Å². The van der Waals surface area contributed by atoms with Gasteiger partial charge in [0.15, 0.2) is 5.65 Å². The summed E-state index contributed by atoms with van der Waals surface area (Å²) < 4.78 is 40.9. The van der Waals surface area contributed by atoms with E-state index in [2.05, 4.69) is 16.0 Å². The molecule has 0 aliphatic carbocycles. The van der Waals surface area contributed by atoms with Crippen LogP contribution in [-0.2, 0) is 14.8 Å². The van der Waals surface area contributed by atoms with Crippen molar-refractivity contribution in [2.75, 3.05) is 31.2 Å². The van der Waals surface area contributed by atoms with Gasteiger partial charge in [0, 0.05) is 30.4 Å². The van der Waals surface area contributed by atoms with Gasteiger partial charge in [0.1, 0.15) is 11.8 Å². The molecule has 1 fully saturated rings. The molecule has 8 nitrogen and oxygen atoms in total. The summed E-state index contributed by atoms with van der Waals surface area (Å²) >= 11 is 0. The van der Waals surface area contributed by atoms with E-state index < -0.39 is 10.0 Å². The van der Waals surface area contributed by atoms with Crippen LogP contribution in [0.4, 0.5) is 5.69 Å². The number of aromatic nitrogens is 2. The van der Waals surface area contributed by atoms with E-state index in [4.69, 9.17) is 9.47 Å². The van der Waals surface area contributed by atoms with E-state index >= 15 is 0 Å². The first-order valence-electron chi connectivity index (χ1n) is 13.8. The number of nitriles is 1. The van der Waals surface area contributed by atoms with Crippen LogP contribution in [0.2, 0.25) is 0 Å². The standard InChI is InChI=1S/C33H30N4O4S/c1-23(2)41-32-13-10-25(20-26(32)22-34)29-14-15-35-33-30(29)21-31(37(33)42(38,39)28-6-4-3-5-7-28)24-8-11-27(12-9-24)36-16-18-40-19-17-36/h3-15,20-21,23H,16-19H2,1-2H3. The molecule has 0 spiro atoms. The van der Waals surface area contributed by atoms with Crippen molar-refractivity contribution in [3.05, 3.63) is 96.7 Å². The van der Waals surface area contributed by atoms with E-state index in [1.165, 1.54) is 3.97 Å². The van der Waals surface area contributed by atoms with Crippen molar-refractivity contribution in [1.29, 1.82) is 5.26 Å². The topological polar surface area (TPSA) is 97.4 Å². The number of nitrogens with zero attached hydrogens (tertiary/aromatic N) is 4. The molecule has 1 aliphatic heterocycles. The molecule has 6 rings (SSSR count). The van der Waals surface area contributed by atoms with Crippen LogP contribution in [0, 0.1) is 11.3 Å². The average Bonchev–Trinajstić information content (AvgIpc) is 3.43. The summed E-state index contributed by atoms with van der Waals surface area (Å²) in [4.78, 5) is 6.99. The number of ether oxygens (including phenoxy) is 2. The Balaban J connectivity index is 1.54. The van der Waals surface area contributed by atoms with Crippen LogP contribution < -0.4 is 9.64 Å². The first kappa shape index (κ1) is 27.5. The van der Waals surface area contributed by atoms with Gasteiger partial charge in [-0.1, -0.05) is 36.4 Å². The monoisotopic (exact) mass is 578 g/mol. The van der Waals surface area contributed by atoms with Crippen molar-refractivity contribution in [2.24, 2.45) is 0 Å². The van der Waals surface area contributed by atoms with Crippen LogP contribution in [0.1, 0.15) is 19.4 Å². The van der Waals surface area contributed by atoms with E-state index in [9.17, 15) is 13.7 Å². The van der Waals surface area contributed by atoms with Gasteiger partial charge in [0.05, 0.1) is 35.5 Å². The zero-order valence-corrected chi connectivity index (χ0v) is 24.2. The Labute approximate surface area is 245 Å². The summed E-state index contributed by atoms with van der Waals surface area (Å²) in [5, 5.41) is 10.5. The molecule has 42 heavy (non-hydrogen) atoms. The fraction of sp³-hybridized carbons (Fsp3) is 0.212. The predicted octanol–water partition coefficient (Wildman–Crippen LogP) is 6.10. The Kier molecular flexibility index (Phi) is 7.42. The molecule has 212 valence electrons. The van der Waals surface area contributed by atoms with E-state index in [1.807, 2.05) is 56.3 Å². The van der Waals surface area contributed by atoms with Gasteiger partial charge in [-0.25, -0.2) is 17.4 Å². The van der Waals surface area contributed by atoms with Gasteiger partial charge in [0.25, 0.3) is 10.0 Å². The lowest BCUT2D eigenvalue weighted by Gasteiger charge is -2.28. The molecule has 0 amide bonds. The third-order valence-corrected chi connectivity index (χ3v) is 8.97. The van der Waals surface area contributed by atoms with Crippen LogP contribution in [0.5, 0.6) is 5.75 Å². The number of rotatable bonds is 7. The van der Waals surface area contributed by atoms with Crippen molar-refractivity contribution in [1.82, 2.24) is 8.96 Å². The lowest BCUT2D eigenvalue weighted by Crippen LogP contribution is -2.36. The molecular weight excluding hydrogens is 548 g/mol. The molecule has 0 unspecified atom stereocenters. The van der Waals surface area contributed by atoms with Gasteiger partial charge in [0.2, 0.25) is 0 Å². The van der Waals surface area contributed by atoms with Crippen LogP contribution >= 0.6 is 0 Å². The van der Waals surface area contributed by atoms with Crippen molar-refractivity contribution in [3.8, 4) is 34.2 Å². The molecule has 2 aromatic heterocycles. The maximum atomic E-state index is 14.2. The van der Waals surface area contributed by atoms with E-state index in [-0.39, 0.29) is 11.0 Å². The van der Waals surface area contributed by atoms with Crippen molar-refractivity contribution < 1.29 is 17.9 Å². The molecule has 0 bridgehead atoms. The number of benzene rings is 3. The minimum absolute atomic E-state index is 0.0787. The predicted molar refractivity (Wildman–Crippen MR) is 163 cm³/mol. The number of hydrogen-bond acceptors (Lipinski definition) is 7. The van der Waals surface area contributed by atoms with Crippen molar-refractivity contribution in [3.63, 3.8) is 0 Å². The molecule has 1 saturated heterocycles. The van der Waals surface area contributed by atoms with Gasteiger partial charge in [-0.05, 0) is 79.1 Å². The zero-order chi connectivity index (χ0) is 29.3. The van der Waals surface area contributed by atoms with Gasteiger partial charge >= 0.3 is 0 Å². The van der Waals surface area contributed by atoms with Gasteiger partial charge in [-0.3, -0.25) is 0 Å². The normalized spacial score (nSPS) is 13.8. The minimum atomic E-state index is -4.01. The number of fused-ring (bicyclic) bond motifs is 1. The summed E-state index contributed by atoms with van der Waals surface area (Å²) in [5.41, 5.74) is 4.55. The first-order valence-corrected chi connectivity index (χ1v) is 15.3. The highest BCUT2D eigenvalue weighted by Crippen LogP contribution is 2.38. The number of hydrogen-bond donors (Lipinski definition) is 0. The van der Waals surface area contributed by atoms with Gasteiger partial charge in [-0.15, -0.1) is 0 Å². The number of pyridine rings is 1. The summed E-state index contributed by atoms with van der Waals surface area (Å²) in [6.45, 7) is 6.79. The van der Waals surface area contributed by atoms with Gasteiger partial charge in [-0.2, -0.15) is 5.26 Å².